The highest BCUT2D eigenvalue weighted by Crippen LogP contribution is 1.98. The van der Waals surface area contributed by atoms with E-state index >= 15 is 0 Å². The molecule has 0 aliphatic carbocycles. The second-order valence-electron chi connectivity index (χ2n) is 2.44. The minimum atomic E-state index is 0.755. The summed E-state index contributed by atoms with van der Waals surface area (Å²) in [7, 11) is 0. The molecule has 0 unspecified atom stereocenters. The van der Waals surface area contributed by atoms with Crippen LogP contribution < -0.4 is 5.84 Å². The molecule has 0 radical (unpaired) electrons. The fraction of sp³-hybridized carbons (Fsp3) is 0.250. The summed E-state index contributed by atoms with van der Waals surface area (Å²) in [6, 6.07) is 3.89. The van der Waals surface area contributed by atoms with Gasteiger partial charge in [0.2, 0.25) is 0 Å². The predicted octanol–water partition coefficient (Wildman–Crippen LogP) is 1.07. The molecule has 0 bridgehead atoms. The summed E-state index contributed by atoms with van der Waals surface area (Å²) in [5.74, 6) is 5.09. The Hall–Kier alpha value is -1.38. The fourth-order valence-electron chi connectivity index (χ4n) is 0.748. The van der Waals surface area contributed by atoms with Gasteiger partial charge in [0, 0.05) is 6.20 Å². The van der Waals surface area contributed by atoms with Crippen LogP contribution in [0, 0.1) is 6.92 Å². The molecule has 0 aliphatic heterocycles. The standard InChI is InChI=1S/C8H11N3/c1-6-3-4-8(10-5-6)7(2)11-9/h3-5H,9H2,1-2H3/b11-7-. The Kier molecular flexibility index (Phi) is 2.21. The molecule has 58 valence electrons. The van der Waals surface area contributed by atoms with Crippen molar-refractivity contribution in [1.82, 2.24) is 4.98 Å². The molecule has 0 aromatic carbocycles. The monoisotopic (exact) mass is 149 g/mol. The number of hydrogen-bond donors (Lipinski definition) is 1. The molecular weight excluding hydrogens is 138 g/mol. The van der Waals surface area contributed by atoms with Crippen LogP contribution in [0.4, 0.5) is 0 Å². The van der Waals surface area contributed by atoms with Crippen LogP contribution in [0.2, 0.25) is 0 Å². The molecule has 3 heteroatoms. The first-order chi connectivity index (χ1) is 5.24. The Labute approximate surface area is 66.0 Å². The molecule has 0 fully saturated rings. The van der Waals surface area contributed by atoms with E-state index in [4.69, 9.17) is 5.84 Å². The van der Waals surface area contributed by atoms with Gasteiger partial charge in [-0.2, -0.15) is 5.10 Å². The van der Waals surface area contributed by atoms with E-state index in [1.807, 2.05) is 26.0 Å². The lowest BCUT2D eigenvalue weighted by atomic mass is 10.2. The molecule has 1 rings (SSSR count). The number of nitrogens with zero attached hydrogens (tertiary/aromatic N) is 2. The summed E-state index contributed by atoms with van der Waals surface area (Å²) in [5.41, 5.74) is 2.72. The number of pyridine rings is 1. The molecule has 0 saturated carbocycles. The zero-order valence-corrected chi connectivity index (χ0v) is 6.70. The van der Waals surface area contributed by atoms with Crippen LogP contribution in [0.3, 0.4) is 0 Å². The molecular formula is C8H11N3. The smallest absolute Gasteiger partial charge is 0.0859 e. The Morgan fingerprint density at radius 2 is 2.27 bits per heavy atom. The zero-order valence-electron chi connectivity index (χ0n) is 6.70. The predicted molar refractivity (Wildman–Crippen MR) is 45.4 cm³/mol. The van der Waals surface area contributed by atoms with Crippen molar-refractivity contribution in [2.75, 3.05) is 0 Å². The highest BCUT2D eigenvalue weighted by Gasteiger charge is 1.95. The third-order valence-electron chi connectivity index (χ3n) is 1.48. The van der Waals surface area contributed by atoms with Crippen molar-refractivity contribution in [2.24, 2.45) is 10.9 Å². The van der Waals surface area contributed by atoms with Gasteiger partial charge in [0.25, 0.3) is 0 Å². The number of nitrogens with two attached hydrogens (primary N) is 1. The van der Waals surface area contributed by atoms with E-state index in [9.17, 15) is 0 Å². The van der Waals surface area contributed by atoms with Crippen molar-refractivity contribution in [3.05, 3.63) is 29.6 Å². The molecule has 0 saturated heterocycles. The number of aryl methyl sites for hydroxylation is 1. The minimum absolute atomic E-state index is 0.755. The molecule has 3 nitrogen and oxygen atoms in total. The van der Waals surface area contributed by atoms with Gasteiger partial charge in [0.1, 0.15) is 0 Å². The van der Waals surface area contributed by atoms with E-state index < -0.39 is 0 Å². The maximum Gasteiger partial charge on any atom is 0.0859 e. The maximum absolute atomic E-state index is 5.09. The number of rotatable bonds is 1. The van der Waals surface area contributed by atoms with E-state index in [1.165, 1.54) is 0 Å². The Morgan fingerprint density at radius 1 is 1.55 bits per heavy atom. The largest absolute Gasteiger partial charge is 0.323 e. The van der Waals surface area contributed by atoms with Crippen LogP contribution in [0.15, 0.2) is 23.4 Å². The van der Waals surface area contributed by atoms with Crippen LogP contribution >= 0.6 is 0 Å². The van der Waals surface area contributed by atoms with Crippen molar-refractivity contribution in [1.29, 1.82) is 0 Å². The second kappa shape index (κ2) is 3.14. The van der Waals surface area contributed by atoms with Crippen molar-refractivity contribution in [2.45, 2.75) is 13.8 Å². The number of hydrogen-bond acceptors (Lipinski definition) is 3. The normalized spacial score (nSPS) is 11.6. The maximum atomic E-state index is 5.09. The highest BCUT2D eigenvalue weighted by atomic mass is 15.1. The van der Waals surface area contributed by atoms with Gasteiger partial charge in [-0.15, -0.1) is 0 Å². The van der Waals surface area contributed by atoms with E-state index in [2.05, 4.69) is 10.1 Å². The van der Waals surface area contributed by atoms with Gasteiger partial charge >= 0.3 is 0 Å². The van der Waals surface area contributed by atoms with Crippen LogP contribution in [0.25, 0.3) is 0 Å². The molecule has 0 amide bonds. The molecule has 1 heterocycles. The summed E-state index contributed by atoms with van der Waals surface area (Å²) in [4.78, 5) is 4.14. The average Bonchev–Trinajstić information content (AvgIpc) is 2.05. The van der Waals surface area contributed by atoms with Gasteiger partial charge in [-0.3, -0.25) is 4.98 Å². The molecule has 0 aliphatic rings. The van der Waals surface area contributed by atoms with Crippen LogP contribution in [-0.4, -0.2) is 10.7 Å². The summed E-state index contributed by atoms with van der Waals surface area (Å²) in [6.07, 6.45) is 1.80. The van der Waals surface area contributed by atoms with Crippen molar-refractivity contribution >= 4 is 5.71 Å². The lowest BCUT2D eigenvalue weighted by Gasteiger charge is -1.97. The Bertz CT molecular complexity index is 261. The number of hydrazone groups is 1. The first-order valence-corrected chi connectivity index (χ1v) is 3.41. The minimum Gasteiger partial charge on any atom is -0.323 e. The SMILES string of the molecule is C/C(=N/N)c1ccc(C)cn1. The van der Waals surface area contributed by atoms with Gasteiger partial charge in [0.05, 0.1) is 11.4 Å². The average molecular weight is 149 g/mol. The first-order valence-electron chi connectivity index (χ1n) is 3.41. The lowest BCUT2D eigenvalue weighted by molar-refractivity contribution is 1.19. The lowest BCUT2D eigenvalue weighted by Crippen LogP contribution is -2.01. The van der Waals surface area contributed by atoms with Gasteiger partial charge in [-0.1, -0.05) is 6.07 Å². The zero-order chi connectivity index (χ0) is 8.27. The quantitative estimate of drug-likeness (QED) is 0.369. The van der Waals surface area contributed by atoms with Crippen molar-refractivity contribution < 1.29 is 0 Å². The van der Waals surface area contributed by atoms with Crippen LogP contribution in [-0.2, 0) is 0 Å². The highest BCUT2D eigenvalue weighted by molar-refractivity contribution is 5.96. The second-order valence-corrected chi connectivity index (χ2v) is 2.44. The Morgan fingerprint density at radius 3 is 2.73 bits per heavy atom. The Balaban J connectivity index is 2.99. The molecule has 0 spiro atoms. The molecule has 11 heavy (non-hydrogen) atoms. The number of aromatic nitrogens is 1. The summed E-state index contributed by atoms with van der Waals surface area (Å²) >= 11 is 0. The summed E-state index contributed by atoms with van der Waals surface area (Å²) < 4.78 is 0. The molecule has 1 aromatic rings. The van der Waals surface area contributed by atoms with Crippen LogP contribution in [0.1, 0.15) is 18.2 Å². The van der Waals surface area contributed by atoms with Crippen LogP contribution in [0.5, 0.6) is 0 Å². The van der Waals surface area contributed by atoms with Gasteiger partial charge in [-0.05, 0) is 25.5 Å². The summed E-state index contributed by atoms with van der Waals surface area (Å²) in [5, 5.41) is 3.54. The summed E-state index contributed by atoms with van der Waals surface area (Å²) in [6.45, 7) is 3.82. The van der Waals surface area contributed by atoms with Gasteiger partial charge in [0.15, 0.2) is 0 Å². The van der Waals surface area contributed by atoms with Crippen molar-refractivity contribution in [3.63, 3.8) is 0 Å². The van der Waals surface area contributed by atoms with Gasteiger partial charge in [-0.25, -0.2) is 0 Å². The van der Waals surface area contributed by atoms with E-state index in [1.54, 1.807) is 6.20 Å². The fourth-order valence-corrected chi connectivity index (χ4v) is 0.748. The van der Waals surface area contributed by atoms with E-state index in [0.29, 0.717) is 0 Å². The van der Waals surface area contributed by atoms with Crippen molar-refractivity contribution in [3.8, 4) is 0 Å². The van der Waals surface area contributed by atoms with Gasteiger partial charge < -0.3 is 5.84 Å². The molecule has 0 atom stereocenters. The topological polar surface area (TPSA) is 51.3 Å². The third kappa shape index (κ3) is 1.77. The van der Waals surface area contributed by atoms with E-state index in [0.717, 1.165) is 17.0 Å². The molecule has 1 aromatic heterocycles. The first kappa shape index (κ1) is 7.72. The molecule has 2 N–H and O–H groups in total. The third-order valence-corrected chi connectivity index (χ3v) is 1.48. The van der Waals surface area contributed by atoms with E-state index in [-0.39, 0.29) is 0 Å².